The number of hydrogen-bond acceptors (Lipinski definition) is 5. The van der Waals surface area contributed by atoms with Gasteiger partial charge in [0.15, 0.2) is 0 Å². The van der Waals surface area contributed by atoms with Gasteiger partial charge in [-0.2, -0.15) is 13.2 Å². The predicted octanol–water partition coefficient (Wildman–Crippen LogP) is 3.73. The van der Waals surface area contributed by atoms with Gasteiger partial charge in [-0.25, -0.2) is 4.98 Å². The molecule has 2 heterocycles. The highest BCUT2D eigenvalue weighted by molar-refractivity contribution is 7.12. The summed E-state index contributed by atoms with van der Waals surface area (Å²) in [6, 6.07) is 14.1. The van der Waals surface area contributed by atoms with E-state index in [0.29, 0.717) is 11.3 Å². The van der Waals surface area contributed by atoms with Crippen LogP contribution in [0.3, 0.4) is 0 Å². The molecule has 0 spiro atoms. The number of pyridine rings is 1. The summed E-state index contributed by atoms with van der Waals surface area (Å²) in [7, 11) is 0. The van der Waals surface area contributed by atoms with Gasteiger partial charge in [0.25, 0.3) is 5.91 Å². The number of hydrogen-bond donors (Lipinski definition) is 3. The summed E-state index contributed by atoms with van der Waals surface area (Å²) in [4.78, 5) is 29.4. The summed E-state index contributed by atoms with van der Waals surface area (Å²) >= 11 is 1.28. The van der Waals surface area contributed by atoms with E-state index in [0.717, 1.165) is 17.8 Å². The quantitative estimate of drug-likeness (QED) is 0.423. The van der Waals surface area contributed by atoms with Gasteiger partial charge in [0.1, 0.15) is 11.9 Å². The Morgan fingerprint density at radius 2 is 1.78 bits per heavy atom. The van der Waals surface area contributed by atoms with E-state index in [1.54, 1.807) is 17.5 Å². The van der Waals surface area contributed by atoms with Crippen molar-refractivity contribution < 1.29 is 22.8 Å². The zero-order valence-corrected chi connectivity index (χ0v) is 17.7. The molecule has 2 aromatic heterocycles. The van der Waals surface area contributed by atoms with E-state index in [-0.39, 0.29) is 30.7 Å². The van der Waals surface area contributed by atoms with E-state index in [1.807, 2.05) is 30.3 Å². The molecule has 10 heteroatoms. The maximum absolute atomic E-state index is 12.7. The van der Waals surface area contributed by atoms with Gasteiger partial charge in [-0.15, -0.1) is 11.3 Å². The highest BCUT2D eigenvalue weighted by atomic mass is 32.1. The monoisotopic (exact) mass is 462 g/mol. The highest BCUT2D eigenvalue weighted by Gasteiger charge is 2.30. The van der Waals surface area contributed by atoms with Gasteiger partial charge in [0, 0.05) is 25.7 Å². The van der Waals surface area contributed by atoms with Gasteiger partial charge in [-0.1, -0.05) is 36.4 Å². The van der Waals surface area contributed by atoms with Crippen LogP contribution in [-0.4, -0.2) is 35.9 Å². The number of halogens is 3. The maximum Gasteiger partial charge on any atom is 0.417 e. The van der Waals surface area contributed by atoms with Crippen LogP contribution in [0.4, 0.5) is 19.0 Å². The molecule has 3 N–H and O–H groups in total. The Labute approximate surface area is 186 Å². The maximum atomic E-state index is 12.7. The Bertz CT molecular complexity index is 1010. The second-order valence-corrected chi connectivity index (χ2v) is 7.79. The van der Waals surface area contributed by atoms with Gasteiger partial charge >= 0.3 is 6.18 Å². The highest BCUT2D eigenvalue weighted by Crippen LogP contribution is 2.28. The number of nitrogens with zero attached hydrogens (tertiary/aromatic N) is 1. The summed E-state index contributed by atoms with van der Waals surface area (Å²) in [5, 5.41) is 10.1. The first-order chi connectivity index (χ1) is 15.3. The van der Waals surface area contributed by atoms with Crippen molar-refractivity contribution in [3.8, 4) is 0 Å². The van der Waals surface area contributed by atoms with Crippen LogP contribution >= 0.6 is 11.3 Å². The van der Waals surface area contributed by atoms with Crippen molar-refractivity contribution >= 4 is 29.0 Å². The topological polar surface area (TPSA) is 83.1 Å². The van der Waals surface area contributed by atoms with Gasteiger partial charge < -0.3 is 16.0 Å². The van der Waals surface area contributed by atoms with Crippen LogP contribution in [0.15, 0.2) is 66.2 Å². The molecule has 1 aromatic carbocycles. The molecule has 0 radical (unpaired) electrons. The molecule has 0 saturated carbocycles. The smallest absolute Gasteiger partial charge is 0.368 e. The Kier molecular flexibility index (Phi) is 7.82. The third-order valence-electron chi connectivity index (χ3n) is 4.47. The average molecular weight is 462 g/mol. The van der Waals surface area contributed by atoms with E-state index >= 15 is 0 Å². The number of alkyl halides is 3. The first-order valence-corrected chi connectivity index (χ1v) is 10.6. The van der Waals surface area contributed by atoms with Crippen molar-refractivity contribution in [1.29, 1.82) is 0 Å². The lowest BCUT2D eigenvalue weighted by Gasteiger charge is -2.18. The van der Waals surface area contributed by atoms with Crippen LogP contribution in [0.25, 0.3) is 0 Å². The van der Waals surface area contributed by atoms with Crippen molar-refractivity contribution in [2.24, 2.45) is 0 Å². The number of nitrogens with one attached hydrogen (secondary N) is 3. The third-order valence-corrected chi connectivity index (χ3v) is 5.34. The lowest BCUT2D eigenvalue weighted by atomic mass is 10.1. The third kappa shape index (κ3) is 6.81. The molecule has 0 aliphatic heterocycles. The molecule has 0 aliphatic carbocycles. The van der Waals surface area contributed by atoms with E-state index in [2.05, 4.69) is 20.9 Å². The molecule has 2 amide bonds. The lowest BCUT2D eigenvalue weighted by molar-refractivity contribution is -0.137. The minimum absolute atomic E-state index is 0.196. The van der Waals surface area contributed by atoms with Crippen LogP contribution in [0.5, 0.6) is 0 Å². The molecule has 3 rings (SSSR count). The molecule has 0 bridgehead atoms. The van der Waals surface area contributed by atoms with E-state index in [9.17, 15) is 22.8 Å². The minimum atomic E-state index is -4.44. The van der Waals surface area contributed by atoms with Crippen molar-refractivity contribution in [2.75, 3.05) is 18.4 Å². The standard InChI is InChI=1S/C22H21F3N4O2S/c23-22(24,25)16-8-9-19(28-14-16)26-10-11-27-20(30)17(13-15-5-2-1-3-6-15)29-21(31)18-7-4-12-32-18/h1-9,12,14,17H,10-11,13H2,(H,26,28)(H,27,30)(H,29,31). The summed E-state index contributed by atoms with van der Waals surface area (Å²) in [5.74, 6) is -0.428. The first-order valence-electron chi connectivity index (χ1n) is 9.76. The first kappa shape index (κ1) is 23.3. The summed E-state index contributed by atoms with van der Waals surface area (Å²) in [6.07, 6.45) is -3.38. The molecule has 0 aliphatic rings. The average Bonchev–Trinajstić information content (AvgIpc) is 3.32. The minimum Gasteiger partial charge on any atom is -0.368 e. The molecule has 0 fully saturated rings. The number of thiophene rings is 1. The van der Waals surface area contributed by atoms with Crippen molar-refractivity contribution in [3.05, 3.63) is 82.2 Å². The van der Waals surface area contributed by atoms with E-state index in [4.69, 9.17) is 0 Å². The number of benzene rings is 1. The Morgan fingerprint density at radius 3 is 2.41 bits per heavy atom. The summed E-state index contributed by atoms with van der Waals surface area (Å²) in [5.41, 5.74) is 0.0628. The Balaban J connectivity index is 1.54. The van der Waals surface area contributed by atoms with E-state index in [1.165, 1.54) is 17.4 Å². The fourth-order valence-corrected chi connectivity index (χ4v) is 3.49. The number of aromatic nitrogens is 1. The predicted molar refractivity (Wildman–Crippen MR) is 116 cm³/mol. The molecule has 32 heavy (non-hydrogen) atoms. The lowest BCUT2D eigenvalue weighted by Crippen LogP contribution is -2.48. The largest absolute Gasteiger partial charge is 0.417 e. The second kappa shape index (κ2) is 10.8. The number of anilines is 1. The molecule has 1 unspecified atom stereocenters. The van der Waals surface area contributed by atoms with Crippen LogP contribution in [0.2, 0.25) is 0 Å². The summed E-state index contributed by atoms with van der Waals surface area (Å²) in [6.45, 7) is 0.447. The molecule has 1 atom stereocenters. The fraction of sp³-hybridized carbons (Fsp3) is 0.227. The molecular formula is C22H21F3N4O2S. The Hall–Kier alpha value is -3.40. The molecular weight excluding hydrogens is 441 g/mol. The SMILES string of the molecule is O=C(NC(Cc1ccccc1)C(=O)NCCNc1ccc(C(F)(F)F)cn1)c1cccs1. The van der Waals surface area contributed by atoms with Crippen LogP contribution in [0, 0.1) is 0 Å². The van der Waals surface area contributed by atoms with Gasteiger partial charge in [-0.05, 0) is 29.1 Å². The van der Waals surface area contributed by atoms with Crippen LogP contribution in [-0.2, 0) is 17.4 Å². The van der Waals surface area contributed by atoms with Gasteiger partial charge in [0.2, 0.25) is 5.91 Å². The molecule has 3 aromatic rings. The van der Waals surface area contributed by atoms with Crippen LogP contribution in [0.1, 0.15) is 20.8 Å². The number of carbonyl (C=O) groups excluding carboxylic acids is 2. The van der Waals surface area contributed by atoms with E-state index < -0.39 is 17.8 Å². The van der Waals surface area contributed by atoms with Crippen LogP contribution < -0.4 is 16.0 Å². The van der Waals surface area contributed by atoms with Crippen molar-refractivity contribution in [1.82, 2.24) is 15.6 Å². The summed E-state index contributed by atoms with van der Waals surface area (Å²) < 4.78 is 37.8. The second-order valence-electron chi connectivity index (χ2n) is 6.84. The fourth-order valence-electron chi connectivity index (χ4n) is 2.86. The molecule has 168 valence electrons. The number of carbonyl (C=O) groups is 2. The van der Waals surface area contributed by atoms with Crippen molar-refractivity contribution in [2.45, 2.75) is 18.6 Å². The number of rotatable bonds is 9. The molecule has 0 saturated heterocycles. The van der Waals surface area contributed by atoms with Gasteiger partial charge in [-0.3, -0.25) is 9.59 Å². The zero-order chi connectivity index (χ0) is 23.0. The number of amides is 2. The van der Waals surface area contributed by atoms with Crippen molar-refractivity contribution in [3.63, 3.8) is 0 Å². The zero-order valence-electron chi connectivity index (χ0n) is 16.9. The Morgan fingerprint density at radius 1 is 1.00 bits per heavy atom. The van der Waals surface area contributed by atoms with Gasteiger partial charge in [0.05, 0.1) is 10.4 Å². The molecule has 6 nitrogen and oxygen atoms in total. The normalized spacial score (nSPS) is 12.1.